The maximum absolute atomic E-state index is 12.5. The molecule has 3 aromatic heterocycles. The first-order valence-corrected chi connectivity index (χ1v) is 8.59. The van der Waals surface area contributed by atoms with Gasteiger partial charge in [-0.25, -0.2) is 9.78 Å². The number of aryl methyl sites for hydroxylation is 2. The minimum atomic E-state index is -0.420. The highest BCUT2D eigenvalue weighted by molar-refractivity contribution is 5.82. The van der Waals surface area contributed by atoms with Gasteiger partial charge in [0.2, 0.25) is 0 Å². The number of ether oxygens (including phenoxy) is 1. The van der Waals surface area contributed by atoms with Gasteiger partial charge in [-0.3, -0.25) is 4.98 Å². The molecule has 0 radical (unpaired) electrons. The van der Waals surface area contributed by atoms with E-state index in [1.165, 1.54) is 0 Å². The molecule has 0 amide bonds. The van der Waals surface area contributed by atoms with Crippen LogP contribution in [-0.4, -0.2) is 21.0 Å². The minimum Gasteiger partial charge on any atom is -0.493 e. The molecule has 0 unspecified atom stereocenters. The van der Waals surface area contributed by atoms with Crippen LogP contribution in [0.4, 0.5) is 0 Å². The second-order valence-electron chi connectivity index (χ2n) is 6.32. The molecule has 0 bridgehead atoms. The van der Waals surface area contributed by atoms with Gasteiger partial charge in [-0.1, -0.05) is 6.92 Å². The van der Waals surface area contributed by atoms with E-state index in [0.717, 1.165) is 28.8 Å². The Kier molecular flexibility index (Phi) is 3.95. The molecule has 4 aromatic rings. The number of benzene rings is 1. The third kappa shape index (κ3) is 2.83. The van der Waals surface area contributed by atoms with Crippen molar-refractivity contribution in [3.8, 4) is 17.0 Å². The van der Waals surface area contributed by atoms with Crippen molar-refractivity contribution < 1.29 is 9.15 Å². The van der Waals surface area contributed by atoms with Gasteiger partial charge < -0.3 is 13.6 Å². The molecule has 0 aliphatic carbocycles. The average molecular weight is 349 g/mol. The maximum Gasteiger partial charge on any atom is 0.345 e. The molecule has 4 rings (SSSR count). The second-order valence-corrected chi connectivity index (χ2v) is 6.32. The molecule has 0 atom stereocenters. The Bertz CT molecular complexity index is 1170. The van der Waals surface area contributed by atoms with Gasteiger partial charge in [-0.2, -0.15) is 0 Å². The summed E-state index contributed by atoms with van der Waals surface area (Å²) in [6.07, 6.45) is 4.63. The van der Waals surface area contributed by atoms with E-state index in [9.17, 15) is 4.79 Å². The molecule has 132 valence electrons. The van der Waals surface area contributed by atoms with Crippen LogP contribution in [0.3, 0.4) is 0 Å². The maximum atomic E-state index is 12.5. The van der Waals surface area contributed by atoms with Crippen LogP contribution in [0.25, 0.3) is 27.9 Å². The highest BCUT2D eigenvalue weighted by atomic mass is 16.5. The van der Waals surface area contributed by atoms with Gasteiger partial charge in [0.15, 0.2) is 5.65 Å². The van der Waals surface area contributed by atoms with Gasteiger partial charge in [0.05, 0.1) is 29.3 Å². The number of hydrogen-bond acceptors (Lipinski definition) is 5. The highest BCUT2D eigenvalue weighted by Gasteiger charge is 2.13. The van der Waals surface area contributed by atoms with E-state index in [0.29, 0.717) is 29.2 Å². The standard InChI is InChI=1S/C20H19N3O3/c1-4-7-25-15-6-5-14-8-16(20(24)26-18(14)9-15)17-11-23-10-12(2)21-13(3)19(23)22-17/h5-6,8-11H,4,7H2,1-3H3. The summed E-state index contributed by atoms with van der Waals surface area (Å²) in [5, 5.41) is 0.825. The molecular weight excluding hydrogens is 330 g/mol. The number of fused-ring (bicyclic) bond motifs is 2. The van der Waals surface area contributed by atoms with Crippen molar-refractivity contribution in [1.82, 2.24) is 14.4 Å². The topological polar surface area (TPSA) is 69.6 Å². The van der Waals surface area contributed by atoms with Gasteiger partial charge in [0.25, 0.3) is 0 Å². The van der Waals surface area contributed by atoms with Crippen LogP contribution in [0.15, 0.2) is 45.9 Å². The van der Waals surface area contributed by atoms with E-state index in [1.54, 1.807) is 6.07 Å². The Morgan fingerprint density at radius 1 is 1.15 bits per heavy atom. The van der Waals surface area contributed by atoms with Gasteiger partial charge >= 0.3 is 5.63 Å². The monoisotopic (exact) mass is 349 g/mol. The molecule has 26 heavy (non-hydrogen) atoms. The summed E-state index contributed by atoms with van der Waals surface area (Å²) >= 11 is 0. The summed E-state index contributed by atoms with van der Waals surface area (Å²) in [7, 11) is 0. The third-order valence-electron chi connectivity index (χ3n) is 4.18. The molecule has 0 saturated heterocycles. The fourth-order valence-corrected chi connectivity index (χ4v) is 3.01. The van der Waals surface area contributed by atoms with E-state index in [-0.39, 0.29) is 0 Å². The van der Waals surface area contributed by atoms with Crippen molar-refractivity contribution in [2.45, 2.75) is 27.2 Å². The van der Waals surface area contributed by atoms with Gasteiger partial charge in [0.1, 0.15) is 11.3 Å². The van der Waals surface area contributed by atoms with E-state index in [1.807, 2.05) is 55.8 Å². The quantitative estimate of drug-likeness (QED) is 0.523. The molecule has 3 heterocycles. The zero-order valence-electron chi connectivity index (χ0n) is 14.9. The van der Waals surface area contributed by atoms with Crippen LogP contribution in [0.2, 0.25) is 0 Å². The van der Waals surface area contributed by atoms with Crippen molar-refractivity contribution in [1.29, 1.82) is 0 Å². The van der Waals surface area contributed by atoms with Crippen molar-refractivity contribution in [2.24, 2.45) is 0 Å². The van der Waals surface area contributed by atoms with Gasteiger partial charge in [-0.15, -0.1) is 0 Å². The lowest BCUT2D eigenvalue weighted by Gasteiger charge is -2.05. The fourth-order valence-electron chi connectivity index (χ4n) is 3.01. The van der Waals surface area contributed by atoms with Crippen molar-refractivity contribution >= 4 is 16.6 Å². The number of rotatable bonds is 4. The fraction of sp³-hybridized carbons (Fsp3) is 0.250. The van der Waals surface area contributed by atoms with Crippen LogP contribution in [-0.2, 0) is 0 Å². The van der Waals surface area contributed by atoms with Crippen molar-refractivity contribution in [3.63, 3.8) is 0 Å². The van der Waals surface area contributed by atoms with Crippen LogP contribution in [0.5, 0.6) is 5.75 Å². The second kappa shape index (κ2) is 6.29. The Balaban J connectivity index is 1.83. The molecule has 0 fully saturated rings. The molecule has 6 heteroatoms. The van der Waals surface area contributed by atoms with Gasteiger partial charge in [0, 0.05) is 23.8 Å². The smallest absolute Gasteiger partial charge is 0.345 e. The molecule has 0 aliphatic rings. The van der Waals surface area contributed by atoms with Crippen molar-refractivity contribution in [3.05, 3.63) is 58.5 Å². The van der Waals surface area contributed by atoms with Gasteiger partial charge in [-0.05, 0) is 38.5 Å². The lowest BCUT2D eigenvalue weighted by atomic mass is 10.1. The molecular formula is C20H19N3O3. The van der Waals surface area contributed by atoms with Crippen LogP contribution in [0, 0.1) is 13.8 Å². The van der Waals surface area contributed by atoms with Crippen LogP contribution in [0.1, 0.15) is 24.7 Å². The first-order valence-electron chi connectivity index (χ1n) is 8.59. The average Bonchev–Trinajstić information content (AvgIpc) is 3.03. The summed E-state index contributed by atoms with van der Waals surface area (Å²) < 4.78 is 13.0. The van der Waals surface area contributed by atoms with Crippen LogP contribution >= 0.6 is 0 Å². The van der Waals surface area contributed by atoms with E-state index in [2.05, 4.69) is 9.97 Å². The summed E-state index contributed by atoms with van der Waals surface area (Å²) in [4.78, 5) is 21.5. The van der Waals surface area contributed by atoms with E-state index >= 15 is 0 Å². The molecule has 1 aromatic carbocycles. The first kappa shape index (κ1) is 16.3. The summed E-state index contributed by atoms with van der Waals surface area (Å²) in [6.45, 7) is 6.50. The zero-order chi connectivity index (χ0) is 18.3. The number of nitrogens with zero attached hydrogens (tertiary/aromatic N) is 3. The molecule has 6 nitrogen and oxygen atoms in total. The minimum absolute atomic E-state index is 0.420. The predicted octanol–water partition coefficient (Wildman–Crippen LogP) is 3.91. The third-order valence-corrected chi connectivity index (χ3v) is 4.18. The van der Waals surface area contributed by atoms with E-state index in [4.69, 9.17) is 9.15 Å². The summed E-state index contributed by atoms with van der Waals surface area (Å²) in [5.74, 6) is 0.695. The molecule has 0 N–H and O–H groups in total. The number of hydrogen-bond donors (Lipinski definition) is 0. The van der Waals surface area contributed by atoms with E-state index < -0.39 is 5.63 Å². The summed E-state index contributed by atoms with van der Waals surface area (Å²) in [5.41, 5.74) is 3.53. The van der Waals surface area contributed by atoms with Crippen molar-refractivity contribution in [2.75, 3.05) is 6.61 Å². The Labute approximate surface area is 150 Å². The number of aromatic nitrogens is 3. The predicted molar refractivity (Wildman–Crippen MR) is 99.7 cm³/mol. The highest BCUT2D eigenvalue weighted by Crippen LogP contribution is 2.25. The molecule has 0 saturated carbocycles. The zero-order valence-corrected chi connectivity index (χ0v) is 14.9. The largest absolute Gasteiger partial charge is 0.493 e. The lowest BCUT2D eigenvalue weighted by molar-refractivity contribution is 0.317. The number of imidazole rings is 1. The SMILES string of the molecule is CCCOc1ccc2cc(-c3cn4cc(C)nc(C)c4n3)c(=O)oc2c1. The molecule has 0 spiro atoms. The molecule has 0 aliphatic heterocycles. The Morgan fingerprint density at radius 3 is 2.81 bits per heavy atom. The normalized spacial score (nSPS) is 11.3. The Morgan fingerprint density at radius 2 is 2.00 bits per heavy atom. The first-order chi connectivity index (χ1) is 12.5. The Hall–Kier alpha value is -3.15. The van der Waals surface area contributed by atoms with Crippen LogP contribution < -0.4 is 10.4 Å². The summed E-state index contributed by atoms with van der Waals surface area (Å²) in [6, 6.07) is 7.32. The lowest BCUT2D eigenvalue weighted by Crippen LogP contribution is -2.03.